The highest BCUT2D eigenvalue weighted by Gasteiger charge is 2.30. The van der Waals surface area contributed by atoms with Gasteiger partial charge in [0.1, 0.15) is 0 Å². The van der Waals surface area contributed by atoms with E-state index in [1.54, 1.807) is 0 Å². The lowest BCUT2D eigenvalue weighted by molar-refractivity contribution is -0.0391. The van der Waals surface area contributed by atoms with E-state index in [9.17, 15) is 4.39 Å². The quantitative estimate of drug-likeness (QED) is 0.696. The van der Waals surface area contributed by atoms with Gasteiger partial charge >= 0.3 is 0 Å². The first-order valence-corrected chi connectivity index (χ1v) is 5.52. The fourth-order valence-corrected chi connectivity index (χ4v) is 2.28. The molecule has 2 nitrogen and oxygen atoms in total. The minimum Gasteiger partial charge on any atom is -0.348 e. The van der Waals surface area contributed by atoms with Crippen molar-refractivity contribution in [3.63, 3.8) is 0 Å². The Kier molecular flexibility index (Phi) is 4.32. The van der Waals surface area contributed by atoms with Crippen LogP contribution in [0.1, 0.15) is 34.1 Å². The Morgan fingerprint density at radius 2 is 2.07 bits per heavy atom. The molecule has 1 aliphatic heterocycles. The summed E-state index contributed by atoms with van der Waals surface area (Å²) in [5, 5.41) is 0. The summed E-state index contributed by atoms with van der Waals surface area (Å²) in [5.41, 5.74) is 0. The van der Waals surface area contributed by atoms with Gasteiger partial charge in [-0.25, -0.2) is 4.39 Å². The zero-order valence-electron chi connectivity index (χ0n) is 9.66. The number of likely N-dealkylation sites (tertiary alicyclic amines) is 1. The summed E-state index contributed by atoms with van der Waals surface area (Å²) >= 11 is 0. The summed E-state index contributed by atoms with van der Waals surface area (Å²) in [5.74, 6) is 0.505. The second-order valence-corrected chi connectivity index (χ2v) is 4.62. The van der Waals surface area contributed by atoms with E-state index in [-0.39, 0.29) is 0 Å². The van der Waals surface area contributed by atoms with E-state index in [1.165, 1.54) is 6.92 Å². The largest absolute Gasteiger partial charge is 0.348 e. The maximum atomic E-state index is 12.5. The van der Waals surface area contributed by atoms with Crippen LogP contribution >= 0.6 is 0 Å². The minimum absolute atomic E-state index is 0.505. The zero-order valence-corrected chi connectivity index (χ0v) is 9.66. The first-order chi connectivity index (χ1) is 6.50. The fourth-order valence-electron chi connectivity index (χ4n) is 2.28. The standard InChI is InChI=1S/C11H22FNO/c1-8(2)13-6-11(5-9(13)3)7-14-10(4)12/h8-11H,5-7H2,1-4H3/t9-,10?,11?/m1/s1. The first kappa shape index (κ1) is 11.9. The molecule has 3 atom stereocenters. The molecule has 0 N–H and O–H groups in total. The van der Waals surface area contributed by atoms with Gasteiger partial charge in [0, 0.05) is 18.6 Å². The van der Waals surface area contributed by atoms with Crippen LogP contribution in [0.5, 0.6) is 0 Å². The molecule has 1 saturated heterocycles. The summed E-state index contributed by atoms with van der Waals surface area (Å²) in [6.45, 7) is 9.70. The normalized spacial score (nSPS) is 31.3. The number of hydrogen-bond acceptors (Lipinski definition) is 2. The van der Waals surface area contributed by atoms with Crippen molar-refractivity contribution in [3.8, 4) is 0 Å². The van der Waals surface area contributed by atoms with Crippen LogP contribution in [0, 0.1) is 5.92 Å². The number of alkyl halides is 1. The van der Waals surface area contributed by atoms with Gasteiger partial charge in [-0.1, -0.05) is 0 Å². The van der Waals surface area contributed by atoms with Crippen LogP contribution in [0.25, 0.3) is 0 Å². The van der Waals surface area contributed by atoms with Gasteiger partial charge in [-0.2, -0.15) is 0 Å². The van der Waals surface area contributed by atoms with Crippen LogP contribution < -0.4 is 0 Å². The maximum Gasteiger partial charge on any atom is 0.195 e. The number of halogens is 1. The van der Waals surface area contributed by atoms with E-state index < -0.39 is 6.36 Å². The molecular formula is C11H22FNO. The Balaban J connectivity index is 2.31. The lowest BCUT2D eigenvalue weighted by Crippen LogP contribution is -2.34. The Morgan fingerprint density at radius 1 is 1.43 bits per heavy atom. The van der Waals surface area contributed by atoms with E-state index in [1.807, 2.05) is 0 Å². The zero-order chi connectivity index (χ0) is 10.7. The molecule has 0 saturated carbocycles. The van der Waals surface area contributed by atoms with Crippen LogP contribution in [-0.4, -0.2) is 36.5 Å². The molecule has 0 aromatic heterocycles. The van der Waals surface area contributed by atoms with Gasteiger partial charge in [0.25, 0.3) is 0 Å². The predicted molar refractivity (Wildman–Crippen MR) is 55.9 cm³/mol. The van der Waals surface area contributed by atoms with Crippen LogP contribution in [0.2, 0.25) is 0 Å². The lowest BCUT2D eigenvalue weighted by Gasteiger charge is -2.25. The Morgan fingerprint density at radius 3 is 2.50 bits per heavy atom. The van der Waals surface area contributed by atoms with Crippen molar-refractivity contribution in [2.45, 2.75) is 52.6 Å². The summed E-state index contributed by atoms with van der Waals surface area (Å²) in [6, 6.07) is 1.19. The van der Waals surface area contributed by atoms with Gasteiger partial charge in [0.2, 0.25) is 0 Å². The summed E-state index contributed by atoms with van der Waals surface area (Å²) in [7, 11) is 0. The molecule has 0 bridgehead atoms. The minimum atomic E-state index is -1.13. The molecule has 0 radical (unpaired) electrons. The smallest absolute Gasteiger partial charge is 0.195 e. The molecule has 2 unspecified atom stereocenters. The highest BCUT2D eigenvalue weighted by atomic mass is 19.1. The topological polar surface area (TPSA) is 12.5 Å². The number of hydrogen-bond donors (Lipinski definition) is 0. The van der Waals surface area contributed by atoms with Gasteiger partial charge in [-0.05, 0) is 40.0 Å². The highest BCUT2D eigenvalue weighted by Crippen LogP contribution is 2.25. The summed E-state index contributed by atoms with van der Waals surface area (Å²) < 4.78 is 17.5. The Bertz CT molecular complexity index is 173. The Labute approximate surface area is 86.4 Å². The number of ether oxygens (including phenoxy) is 1. The van der Waals surface area contributed by atoms with Gasteiger partial charge in [0.05, 0.1) is 6.61 Å². The third-order valence-corrected chi connectivity index (χ3v) is 2.93. The molecule has 0 aromatic carbocycles. The molecule has 0 amide bonds. The lowest BCUT2D eigenvalue weighted by atomic mass is 10.1. The van der Waals surface area contributed by atoms with Crippen LogP contribution in [0.3, 0.4) is 0 Å². The monoisotopic (exact) mass is 203 g/mol. The van der Waals surface area contributed by atoms with Crippen molar-refractivity contribution in [1.82, 2.24) is 4.90 Å². The molecule has 3 heteroatoms. The third-order valence-electron chi connectivity index (χ3n) is 2.93. The van der Waals surface area contributed by atoms with Crippen molar-refractivity contribution in [3.05, 3.63) is 0 Å². The van der Waals surface area contributed by atoms with Crippen LogP contribution in [0.4, 0.5) is 4.39 Å². The number of rotatable bonds is 4. The molecule has 1 heterocycles. The van der Waals surface area contributed by atoms with Crippen molar-refractivity contribution in [1.29, 1.82) is 0 Å². The Hall–Kier alpha value is -0.150. The third kappa shape index (κ3) is 3.21. The summed E-state index contributed by atoms with van der Waals surface area (Å²) in [4.78, 5) is 2.46. The first-order valence-electron chi connectivity index (χ1n) is 5.52. The van der Waals surface area contributed by atoms with E-state index in [4.69, 9.17) is 4.74 Å². The second-order valence-electron chi connectivity index (χ2n) is 4.62. The van der Waals surface area contributed by atoms with Crippen molar-refractivity contribution >= 4 is 0 Å². The maximum absolute atomic E-state index is 12.5. The molecule has 84 valence electrons. The van der Waals surface area contributed by atoms with Crippen molar-refractivity contribution < 1.29 is 9.13 Å². The van der Waals surface area contributed by atoms with E-state index in [0.29, 0.717) is 24.6 Å². The van der Waals surface area contributed by atoms with Gasteiger partial charge in [-0.3, -0.25) is 4.90 Å². The summed E-state index contributed by atoms with van der Waals surface area (Å²) in [6.07, 6.45) is 0.00339. The highest BCUT2D eigenvalue weighted by molar-refractivity contribution is 4.84. The van der Waals surface area contributed by atoms with E-state index in [0.717, 1.165) is 13.0 Å². The molecule has 14 heavy (non-hydrogen) atoms. The average molecular weight is 203 g/mol. The molecule has 1 rings (SSSR count). The SMILES string of the molecule is CC(F)OCC1C[C@@H](C)N(C(C)C)C1. The number of nitrogens with zero attached hydrogens (tertiary/aromatic N) is 1. The van der Waals surface area contributed by atoms with E-state index in [2.05, 4.69) is 25.7 Å². The van der Waals surface area contributed by atoms with E-state index >= 15 is 0 Å². The van der Waals surface area contributed by atoms with Crippen molar-refractivity contribution in [2.24, 2.45) is 5.92 Å². The van der Waals surface area contributed by atoms with Crippen LogP contribution in [0.15, 0.2) is 0 Å². The van der Waals surface area contributed by atoms with Gasteiger partial charge in [0.15, 0.2) is 6.36 Å². The van der Waals surface area contributed by atoms with Gasteiger partial charge < -0.3 is 4.74 Å². The molecule has 0 aliphatic carbocycles. The average Bonchev–Trinajstić information content (AvgIpc) is 2.43. The van der Waals surface area contributed by atoms with Gasteiger partial charge in [-0.15, -0.1) is 0 Å². The van der Waals surface area contributed by atoms with Crippen LogP contribution in [-0.2, 0) is 4.74 Å². The molecular weight excluding hydrogens is 181 g/mol. The van der Waals surface area contributed by atoms with Crippen molar-refractivity contribution in [2.75, 3.05) is 13.2 Å². The molecule has 1 fully saturated rings. The molecule has 0 aromatic rings. The molecule has 1 aliphatic rings. The molecule has 0 spiro atoms. The second kappa shape index (κ2) is 5.08. The fraction of sp³-hybridized carbons (Fsp3) is 1.00. The predicted octanol–water partition coefficient (Wildman–Crippen LogP) is 2.44.